The van der Waals surface area contributed by atoms with Crippen molar-refractivity contribution in [2.75, 3.05) is 41.0 Å². The highest BCUT2D eigenvalue weighted by Crippen LogP contribution is 2.38. The van der Waals surface area contributed by atoms with Gasteiger partial charge in [-0.1, -0.05) is 76.2 Å². The van der Waals surface area contributed by atoms with Gasteiger partial charge in [-0.25, -0.2) is 4.79 Å². The van der Waals surface area contributed by atoms with E-state index in [4.69, 9.17) is 34.3 Å². The van der Waals surface area contributed by atoms with E-state index in [1.165, 1.54) is 12.0 Å². The molecule has 3 fully saturated rings. The van der Waals surface area contributed by atoms with Gasteiger partial charge in [-0.15, -0.1) is 0 Å². The average Bonchev–Trinajstić information content (AvgIpc) is 3.35. The summed E-state index contributed by atoms with van der Waals surface area (Å²) in [5, 5.41) is 51.1. The number of hydrogen-bond acceptors (Lipinski definition) is 15. The van der Waals surface area contributed by atoms with Crippen LogP contribution in [0.5, 0.6) is 0 Å². The number of rotatable bonds is 11. The summed E-state index contributed by atoms with van der Waals surface area (Å²) in [7, 11) is 4.71. The number of carbonyl (C=O) groups is 3. The zero-order valence-electron chi connectivity index (χ0n) is 44.6. The quantitative estimate of drug-likeness (QED) is 0.0489. The molecule has 0 aromatic carbocycles. The van der Waals surface area contributed by atoms with E-state index < -0.39 is 84.1 Å². The number of aliphatic hydroxyl groups is 4. The van der Waals surface area contributed by atoms with Crippen LogP contribution in [0.15, 0.2) is 52.8 Å². The first kappa shape index (κ1) is 60.2. The van der Waals surface area contributed by atoms with Crippen molar-refractivity contribution in [2.45, 2.75) is 199 Å². The Balaban J connectivity index is 1.74. The standard InChI is InChI=1S/C55H91N3O13/c1-34-18-12-11-13-19-35(2)46(66-8)32-42-23-21-40(7)55(65,71-42)52(62)53(63)58-26-16-14-20-43(58)54(64)70-47(37(4)30-41-22-24-44(59)48(31-41)67-9)33-45(60)36(3)29-39(6)50(61)51(68-10)49(38(5)28-34)57-69-27-17-15-25-56/h11-13,18-19,29,34,36-38,40-48,50-51,59-61,65H,14-17,20-28,30-33,56H2,1-10H3/b13-11+,18-12+,35-19+,39-29+,57-49+/t34-,36-,37-,38-,40-,41+,42+,43+,44-,45-,46+,47+,48-,50-,51+,55-/m1/s1. The number of fused-ring (bicyclic) bond motifs is 3. The van der Waals surface area contributed by atoms with E-state index in [0.29, 0.717) is 82.2 Å². The third-order valence-corrected chi connectivity index (χ3v) is 15.6. The molecule has 71 heavy (non-hydrogen) atoms. The third kappa shape index (κ3) is 17.1. The minimum absolute atomic E-state index is 0.0366. The number of oxime groups is 1. The number of unbranched alkanes of at least 4 members (excludes halogenated alkanes) is 1. The predicted molar refractivity (Wildman–Crippen MR) is 273 cm³/mol. The molecule has 0 unspecified atom stereocenters. The number of Topliss-reactive ketones (excluding diaryl/α,β-unsaturated/α-hetero) is 1. The molecule has 0 spiro atoms. The fourth-order valence-electron chi connectivity index (χ4n) is 10.8. The summed E-state index contributed by atoms with van der Waals surface area (Å²) in [6, 6.07) is -1.11. The first-order valence-corrected chi connectivity index (χ1v) is 26.5. The van der Waals surface area contributed by atoms with E-state index >= 15 is 0 Å². The summed E-state index contributed by atoms with van der Waals surface area (Å²) in [5.41, 5.74) is 7.72. The highest BCUT2D eigenvalue weighted by molar-refractivity contribution is 6.39. The van der Waals surface area contributed by atoms with Gasteiger partial charge in [0.25, 0.3) is 11.7 Å². The summed E-state index contributed by atoms with van der Waals surface area (Å²) in [5.74, 6) is -6.64. The van der Waals surface area contributed by atoms with E-state index in [9.17, 15) is 34.8 Å². The van der Waals surface area contributed by atoms with E-state index in [1.807, 2.05) is 52.0 Å². The fourth-order valence-corrected chi connectivity index (χ4v) is 10.8. The molecular weight excluding hydrogens is 911 g/mol. The van der Waals surface area contributed by atoms with Gasteiger partial charge in [-0.3, -0.25) is 9.59 Å². The first-order chi connectivity index (χ1) is 33.8. The Bertz CT molecular complexity index is 1840. The average molecular weight is 1000 g/mol. The Labute approximate surface area is 424 Å². The normalized spacial score (nSPS) is 39.6. The Hall–Kier alpha value is -3.32. The summed E-state index contributed by atoms with van der Waals surface area (Å²) in [6.07, 6.45) is 13.4. The topological polar surface area (TPSA) is 229 Å². The highest BCUT2D eigenvalue weighted by Gasteiger charge is 2.53. The molecule has 3 heterocycles. The van der Waals surface area contributed by atoms with Crippen LogP contribution >= 0.6 is 0 Å². The first-order valence-electron chi connectivity index (χ1n) is 26.5. The molecular formula is C55H91N3O13. The van der Waals surface area contributed by atoms with Crippen molar-refractivity contribution in [2.24, 2.45) is 46.4 Å². The number of nitrogens with zero attached hydrogens (tertiary/aromatic N) is 2. The zero-order valence-corrected chi connectivity index (χ0v) is 44.6. The molecule has 4 rings (SSSR count). The molecule has 2 saturated heterocycles. The minimum Gasteiger partial charge on any atom is -0.460 e. The van der Waals surface area contributed by atoms with Gasteiger partial charge in [0.05, 0.1) is 36.2 Å². The molecule has 16 atom stereocenters. The van der Waals surface area contributed by atoms with Crippen LogP contribution in [0, 0.1) is 35.5 Å². The predicted octanol–water partition coefficient (Wildman–Crippen LogP) is 6.51. The number of hydrogen-bond donors (Lipinski definition) is 5. The molecule has 6 N–H and O–H groups in total. The fraction of sp³-hybridized carbons (Fsp3) is 0.782. The number of carbonyl (C=O) groups excluding carboxylic acids is 3. The van der Waals surface area contributed by atoms with Crippen LogP contribution < -0.4 is 5.73 Å². The summed E-state index contributed by atoms with van der Waals surface area (Å²) >= 11 is 0. The molecule has 1 amide bonds. The van der Waals surface area contributed by atoms with Crippen molar-refractivity contribution in [1.82, 2.24) is 4.90 Å². The van der Waals surface area contributed by atoms with E-state index in [0.717, 1.165) is 24.8 Å². The number of ether oxygens (including phenoxy) is 5. The number of aliphatic hydroxyl groups excluding tert-OH is 3. The monoisotopic (exact) mass is 1000 g/mol. The molecule has 0 radical (unpaired) electrons. The third-order valence-electron chi connectivity index (χ3n) is 15.6. The van der Waals surface area contributed by atoms with Crippen molar-refractivity contribution in [1.29, 1.82) is 0 Å². The number of esters is 1. The smallest absolute Gasteiger partial charge is 0.329 e. The molecule has 0 aromatic heterocycles. The molecule has 16 nitrogen and oxygen atoms in total. The summed E-state index contributed by atoms with van der Waals surface area (Å²) < 4.78 is 30.1. The summed E-state index contributed by atoms with van der Waals surface area (Å²) in [4.78, 5) is 50.2. The Morgan fingerprint density at radius 2 is 1.61 bits per heavy atom. The summed E-state index contributed by atoms with van der Waals surface area (Å²) in [6.45, 7) is 14.4. The molecule has 16 heteroatoms. The molecule has 0 aromatic rings. The maximum absolute atomic E-state index is 14.5. The van der Waals surface area contributed by atoms with Gasteiger partial charge in [0, 0.05) is 58.5 Å². The highest BCUT2D eigenvalue weighted by atomic mass is 16.6. The molecule has 1 saturated carbocycles. The number of ketones is 1. The Kier molecular flexibility index (Phi) is 25.1. The van der Waals surface area contributed by atoms with Gasteiger partial charge in [0.15, 0.2) is 0 Å². The van der Waals surface area contributed by atoms with Crippen LogP contribution in [-0.2, 0) is 42.9 Å². The van der Waals surface area contributed by atoms with E-state index in [-0.39, 0.29) is 49.2 Å². The van der Waals surface area contributed by atoms with Crippen molar-refractivity contribution >= 4 is 23.4 Å². The van der Waals surface area contributed by atoms with Gasteiger partial charge in [0.1, 0.15) is 31.0 Å². The number of methoxy groups -OCH3 is 3. The van der Waals surface area contributed by atoms with Crippen LogP contribution in [0.2, 0.25) is 0 Å². The van der Waals surface area contributed by atoms with Gasteiger partial charge in [-0.05, 0) is 126 Å². The lowest BCUT2D eigenvalue weighted by molar-refractivity contribution is -0.265. The molecule has 3 aliphatic heterocycles. The maximum Gasteiger partial charge on any atom is 0.329 e. The Morgan fingerprint density at radius 3 is 2.30 bits per heavy atom. The molecule has 1 aliphatic carbocycles. The van der Waals surface area contributed by atoms with Crippen LogP contribution in [0.1, 0.15) is 138 Å². The van der Waals surface area contributed by atoms with Crippen molar-refractivity contribution in [3.63, 3.8) is 0 Å². The second-order valence-electron chi connectivity index (χ2n) is 21.2. The van der Waals surface area contributed by atoms with Gasteiger partial charge in [0.2, 0.25) is 5.79 Å². The van der Waals surface area contributed by atoms with Crippen molar-refractivity contribution in [3.8, 4) is 0 Å². The number of cyclic esters (lactones) is 1. The van der Waals surface area contributed by atoms with Crippen LogP contribution in [0.3, 0.4) is 0 Å². The minimum atomic E-state index is -2.42. The van der Waals surface area contributed by atoms with Crippen LogP contribution in [-0.4, -0.2) is 150 Å². The second-order valence-corrected chi connectivity index (χ2v) is 21.2. The number of amides is 1. The van der Waals surface area contributed by atoms with Crippen LogP contribution in [0.25, 0.3) is 0 Å². The maximum atomic E-state index is 14.5. The molecule has 404 valence electrons. The van der Waals surface area contributed by atoms with Gasteiger partial charge < -0.3 is 59.6 Å². The molecule has 2 bridgehead atoms. The zero-order chi connectivity index (χ0) is 52.4. The molecule has 4 aliphatic rings. The van der Waals surface area contributed by atoms with Gasteiger partial charge in [-0.2, -0.15) is 0 Å². The van der Waals surface area contributed by atoms with Crippen molar-refractivity contribution < 1.29 is 63.3 Å². The lowest BCUT2D eigenvalue weighted by Crippen LogP contribution is -2.61. The number of allylic oxidation sites excluding steroid dienone is 5. The van der Waals surface area contributed by atoms with Crippen molar-refractivity contribution in [3.05, 3.63) is 47.6 Å². The van der Waals surface area contributed by atoms with E-state index in [1.54, 1.807) is 34.1 Å². The van der Waals surface area contributed by atoms with E-state index in [2.05, 4.69) is 18.2 Å². The largest absolute Gasteiger partial charge is 0.460 e. The number of piperidine rings is 1. The van der Waals surface area contributed by atoms with Gasteiger partial charge >= 0.3 is 5.97 Å². The van der Waals surface area contributed by atoms with Crippen LogP contribution in [0.4, 0.5) is 0 Å². The lowest BCUT2D eigenvalue weighted by atomic mass is 9.78. The second kappa shape index (κ2) is 29.5. The SMILES string of the molecule is CO[C@H]1C[C@@H]2CC[C@@H](C)[C@@](O)(O2)C(=O)C(=O)N2CCCC[C@H]2C(=O)O[C@H]([C@H](C)C[C@@H]2CC[C@@H](O)[C@H](OC)C2)C[C@@H](O)[C@H](C)/C=C(\C)[C@@H](O)[C@@H](OC)/C(=N/OCCCCN)[C@H](C)C[C@H](C)/C=C/C=C/C=C/1C. The lowest BCUT2D eigenvalue weighted by Gasteiger charge is -2.43. The number of nitrogens with two attached hydrogens (primary N) is 1. The Morgan fingerprint density at radius 1 is 0.859 bits per heavy atom.